The fraction of sp³-hybridized carbons (Fsp3) is 0.786. The number of aliphatic hydroxyl groups is 1. The highest BCUT2D eigenvalue weighted by molar-refractivity contribution is 9.10. The average Bonchev–Trinajstić information content (AvgIpc) is 2.78. The fourth-order valence-electron chi connectivity index (χ4n) is 2.11. The van der Waals surface area contributed by atoms with E-state index in [1.807, 2.05) is 25.7 Å². The Hall–Kier alpha value is -0.470. The van der Waals surface area contributed by atoms with Crippen LogP contribution in [0.3, 0.4) is 0 Å². The fourth-order valence-corrected chi connectivity index (χ4v) is 2.83. The van der Waals surface area contributed by atoms with E-state index in [1.54, 1.807) is 13.3 Å². The molecule has 122 valence electrons. The molecule has 1 atom stereocenters. The third kappa shape index (κ3) is 6.04. The van der Waals surface area contributed by atoms with Crippen LogP contribution in [-0.2, 0) is 16.9 Å². The molecule has 6 nitrogen and oxygen atoms in total. The Bertz CT molecular complexity index is 421. The number of nitrogens with one attached hydrogen (secondary N) is 1. The first kappa shape index (κ1) is 18.6. The van der Waals surface area contributed by atoms with Crippen LogP contribution in [0, 0.1) is 0 Å². The van der Waals surface area contributed by atoms with E-state index in [2.05, 4.69) is 31.2 Å². The Kier molecular flexibility index (Phi) is 7.83. The van der Waals surface area contributed by atoms with Crippen LogP contribution in [-0.4, -0.2) is 67.2 Å². The Morgan fingerprint density at radius 1 is 1.48 bits per heavy atom. The summed E-state index contributed by atoms with van der Waals surface area (Å²) in [5.41, 5.74) is -0.0975. The summed E-state index contributed by atoms with van der Waals surface area (Å²) in [5, 5.41) is 18.4. The van der Waals surface area contributed by atoms with Crippen LogP contribution in [0.2, 0.25) is 0 Å². The maximum absolute atomic E-state index is 10.8. The van der Waals surface area contributed by atoms with Crippen molar-refractivity contribution in [3.63, 3.8) is 0 Å². The van der Waals surface area contributed by atoms with Gasteiger partial charge in [-0.15, -0.1) is 0 Å². The van der Waals surface area contributed by atoms with Crippen molar-refractivity contribution in [1.82, 2.24) is 20.0 Å². The lowest BCUT2D eigenvalue weighted by atomic mass is 9.98. The Morgan fingerprint density at radius 2 is 2.19 bits per heavy atom. The molecule has 0 aromatic carbocycles. The van der Waals surface area contributed by atoms with E-state index in [4.69, 9.17) is 4.74 Å². The van der Waals surface area contributed by atoms with E-state index >= 15 is 0 Å². The lowest BCUT2D eigenvalue weighted by molar-refractivity contribution is 0.0370. The van der Waals surface area contributed by atoms with E-state index in [0.717, 1.165) is 36.3 Å². The molecule has 1 aromatic heterocycles. The highest BCUT2D eigenvalue weighted by Crippen LogP contribution is 2.30. The maximum Gasteiger partial charge on any atom is 0.106 e. The lowest BCUT2D eigenvalue weighted by Crippen LogP contribution is -2.32. The van der Waals surface area contributed by atoms with Gasteiger partial charge < -0.3 is 20.1 Å². The van der Waals surface area contributed by atoms with Crippen molar-refractivity contribution >= 4 is 15.9 Å². The second-order valence-electron chi connectivity index (χ2n) is 5.63. The maximum atomic E-state index is 10.8. The van der Waals surface area contributed by atoms with Crippen molar-refractivity contribution in [2.24, 2.45) is 0 Å². The van der Waals surface area contributed by atoms with Crippen LogP contribution in [0.4, 0.5) is 0 Å². The van der Waals surface area contributed by atoms with Crippen molar-refractivity contribution in [3.05, 3.63) is 16.4 Å². The second kappa shape index (κ2) is 8.85. The van der Waals surface area contributed by atoms with Crippen LogP contribution in [0.1, 0.15) is 19.0 Å². The Morgan fingerprint density at radius 3 is 2.81 bits per heavy atom. The summed E-state index contributed by atoms with van der Waals surface area (Å²) in [7, 11) is 5.73. The van der Waals surface area contributed by atoms with Crippen LogP contribution in [0.5, 0.6) is 0 Å². The standard InChI is InChI=1S/C14H27BrN4O2/c1-14(20,5-6-16-7-10-21-4)13-12(15)11-17-19(13)9-8-18(2)3/h11,16,20H,5-10H2,1-4H3. The number of likely N-dealkylation sites (N-methyl/N-ethyl adjacent to an activating group) is 1. The lowest BCUT2D eigenvalue weighted by Gasteiger charge is -2.26. The number of halogens is 1. The molecule has 0 aliphatic rings. The van der Waals surface area contributed by atoms with Crippen molar-refractivity contribution in [2.75, 3.05) is 47.4 Å². The van der Waals surface area contributed by atoms with Crippen molar-refractivity contribution < 1.29 is 9.84 Å². The first-order valence-electron chi connectivity index (χ1n) is 7.17. The van der Waals surface area contributed by atoms with Crippen molar-refractivity contribution in [2.45, 2.75) is 25.5 Å². The van der Waals surface area contributed by atoms with Crippen molar-refractivity contribution in [1.29, 1.82) is 0 Å². The molecule has 0 radical (unpaired) electrons. The molecule has 2 N–H and O–H groups in total. The number of nitrogens with zero attached hydrogens (tertiary/aromatic N) is 3. The van der Waals surface area contributed by atoms with Gasteiger partial charge in [-0.25, -0.2) is 0 Å². The average molecular weight is 363 g/mol. The summed E-state index contributed by atoms with van der Waals surface area (Å²) < 4.78 is 7.71. The summed E-state index contributed by atoms with van der Waals surface area (Å²) in [5.74, 6) is 0. The monoisotopic (exact) mass is 362 g/mol. The van der Waals surface area contributed by atoms with E-state index < -0.39 is 5.60 Å². The highest BCUT2D eigenvalue weighted by Gasteiger charge is 2.29. The highest BCUT2D eigenvalue weighted by atomic mass is 79.9. The van der Waals surface area contributed by atoms with E-state index in [0.29, 0.717) is 13.0 Å². The minimum absolute atomic E-state index is 0.614. The van der Waals surface area contributed by atoms with Gasteiger partial charge in [0.2, 0.25) is 0 Å². The van der Waals surface area contributed by atoms with Gasteiger partial charge >= 0.3 is 0 Å². The molecular weight excluding hydrogens is 336 g/mol. The molecule has 0 aliphatic heterocycles. The molecule has 7 heteroatoms. The predicted molar refractivity (Wildman–Crippen MR) is 87.4 cm³/mol. The topological polar surface area (TPSA) is 62.5 Å². The number of rotatable bonds is 10. The third-order valence-corrected chi connectivity index (χ3v) is 3.92. The normalized spacial score (nSPS) is 14.6. The number of hydrogen-bond donors (Lipinski definition) is 2. The summed E-state index contributed by atoms with van der Waals surface area (Å²) in [6, 6.07) is 0. The van der Waals surface area contributed by atoms with E-state index in [-0.39, 0.29) is 0 Å². The van der Waals surface area contributed by atoms with E-state index in [1.165, 1.54) is 0 Å². The molecule has 0 fully saturated rings. The van der Waals surface area contributed by atoms with Gasteiger partial charge in [-0.1, -0.05) is 0 Å². The Balaban J connectivity index is 2.65. The summed E-state index contributed by atoms with van der Waals surface area (Å²) in [6.07, 6.45) is 2.36. The molecule has 0 saturated heterocycles. The summed E-state index contributed by atoms with van der Waals surface area (Å²) >= 11 is 3.50. The molecule has 21 heavy (non-hydrogen) atoms. The summed E-state index contributed by atoms with van der Waals surface area (Å²) in [4.78, 5) is 2.10. The zero-order valence-electron chi connectivity index (χ0n) is 13.4. The van der Waals surface area contributed by atoms with Gasteiger partial charge in [0.1, 0.15) is 5.60 Å². The number of aromatic nitrogens is 2. The molecule has 0 spiro atoms. The van der Waals surface area contributed by atoms with Crippen molar-refractivity contribution in [3.8, 4) is 0 Å². The first-order chi connectivity index (χ1) is 9.88. The minimum Gasteiger partial charge on any atom is -0.384 e. The van der Waals surface area contributed by atoms with Crippen LogP contribution in [0.15, 0.2) is 10.7 Å². The number of hydrogen-bond acceptors (Lipinski definition) is 5. The van der Waals surface area contributed by atoms with Gasteiger partial charge in [0.15, 0.2) is 0 Å². The van der Waals surface area contributed by atoms with Gasteiger partial charge in [0, 0.05) is 20.2 Å². The van der Waals surface area contributed by atoms with Gasteiger partial charge in [-0.05, 0) is 49.9 Å². The quantitative estimate of drug-likeness (QED) is 0.609. The third-order valence-electron chi connectivity index (χ3n) is 3.34. The molecular formula is C14H27BrN4O2. The molecule has 0 amide bonds. The van der Waals surface area contributed by atoms with Gasteiger partial charge in [0.05, 0.1) is 29.5 Å². The SMILES string of the molecule is COCCNCCC(C)(O)c1c(Br)cnn1CCN(C)C. The molecule has 1 rings (SSSR count). The van der Waals surface area contributed by atoms with Gasteiger partial charge in [-0.3, -0.25) is 4.68 Å². The summed E-state index contributed by atoms with van der Waals surface area (Å²) in [6.45, 7) is 5.64. The van der Waals surface area contributed by atoms with Crippen LogP contribution < -0.4 is 5.32 Å². The Labute approximate surface area is 135 Å². The molecule has 0 aliphatic carbocycles. The predicted octanol–water partition coefficient (Wildman–Crippen LogP) is 1.04. The van der Waals surface area contributed by atoms with Gasteiger partial charge in [-0.2, -0.15) is 5.10 Å². The first-order valence-corrected chi connectivity index (χ1v) is 7.96. The zero-order valence-corrected chi connectivity index (χ0v) is 15.0. The number of methoxy groups -OCH3 is 1. The van der Waals surface area contributed by atoms with Crippen LogP contribution in [0.25, 0.3) is 0 Å². The van der Waals surface area contributed by atoms with Gasteiger partial charge in [0.25, 0.3) is 0 Å². The minimum atomic E-state index is -0.929. The molecule has 1 heterocycles. The molecule has 1 aromatic rings. The number of ether oxygens (including phenoxy) is 1. The largest absolute Gasteiger partial charge is 0.384 e. The molecule has 1 unspecified atom stereocenters. The molecule has 0 saturated carbocycles. The van der Waals surface area contributed by atoms with E-state index in [9.17, 15) is 5.11 Å². The zero-order chi connectivity index (χ0) is 15.9. The molecule has 0 bridgehead atoms. The smallest absolute Gasteiger partial charge is 0.106 e. The van der Waals surface area contributed by atoms with Crippen LogP contribution >= 0.6 is 15.9 Å². The second-order valence-corrected chi connectivity index (χ2v) is 6.49.